The van der Waals surface area contributed by atoms with Crippen molar-refractivity contribution in [3.8, 4) is 0 Å². The molecule has 0 radical (unpaired) electrons. The summed E-state index contributed by atoms with van der Waals surface area (Å²) in [6, 6.07) is 4.51. The van der Waals surface area contributed by atoms with Crippen LogP contribution >= 0.6 is 0 Å². The van der Waals surface area contributed by atoms with Gasteiger partial charge in [-0.15, -0.1) is 0 Å². The maximum Gasteiger partial charge on any atom is 0.272 e. The van der Waals surface area contributed by atoms with E-state index in [0.29, 0.717) is 11.3 Å². The van der Waals surface area contributed by atoms with Crippen molar-refractivity contribution >= 4 is 11.4 Å². The molecule has 6 N–H and O–H groups in total. The molecule has 17 heavy (non-hydrogen) atoms. The number of hydrogen-bond acceptors (Lipinski definition) is 6. The lowest BCUT2D eigenvalue weighted by atomic mass is 10.2. The van der Waals surface area contributed by atoms with Gasteiger partial charge in [-0.2, -0.15) is 0 Å². The third kappa shape index (κ3) is 5.81. The molecule has 7 nitrogen and oxygen atoms in total. The van der Waals surface area contributed by atoms with Crippen molar-refractivity contribution in [1.82, 2.24) is 0 Å². The molecule has 0 amide bonds. The number of anilines is 1. The molecule has 0 heterocycles. The minimum atomic E-state index is -0.731. The fraction of sp³-hybridized carbons (Fsp3) is 0.400. The molecular formula is C10H17N3O4. The zero-order valence-electron chi connectivity index (χ0n) is 9.54. The second-order valence-electron chi connectivity index (χ2n) is 3.38. The summed E-state index contributed by atoms with van der Waals surface area (Å²) in [6.07, 6.45) is -0.731. The van der Waals surface area contributed by atoms with E-state index in [1.807, 2.05) is 0 Å². The van der Waals surface area contributed by atoms with Crippen LogP contribution in [0.3, 0.4) is 0 Å². The number of benzene rings is 1. The molecule has 1 rings (SSSR count). The molecule has 1 unspecified atom stereocenters. The molecule has 1 aromatic rings. The van der Waals surface area contributed by atoms with Crippen molar-refractivity contribution in [1.29, 1.82) is 0 Å². The molecule has 0 bridgehead atoms. The number of aliphatic hydroxyl groups is 2. The van der Waals surface area contributed by atoms with Crippen molar-refractivity contribution in [2.24, 2.45) is 5.73 Å². The number of nitrogens with two attached hydrogens (primary N) is 2. The zero-order valence-corrected chi connectivity index (χ0v) is 9.54. The Morgan fingerprint density at radius 2 is 2.12 bits per heavy atom. The van der Waals surface area contributed by atoms with Crippen LogP contribution in [0.4, 0.5) is 11.4 Å². The van der Waals surface area contributed by atoms with Gasteiger partial charge in [-0.05, 0) is 19.1 Å². The van der Waals surface area contributed by atoms with E-state index in [4.69, 9.17) is 21.7 Å². The molecule has 7 heteroatoms. The van der Waals surface area contributed by atoms with E-state index in [-0.39, 0.29) is 18.8 Å². The summed E-state index contributed by atoms with van der Waals surface area (Å²) in [5.41, 5.74) is 11.5. The van der Waals surface area contributed by atoms with E-state index in [2.05, 4.69) is 0 Å². The summed E-state index contributed by atoms with van der Waals surface area (Å²) in [5, 5.41) is 26.6. The van der Waals surface area contributed by atoms with Crippen LogP contribution in [-0.2, 0) is 0 Å². The number of nitro benzene ring substituents is 1. The van der Waals surface area contributed by atoms with Gasteiger partial charge in [0.1, 0.15) is 0 Å². The maximum atomic E-state index is 10.3. The van der Waals surface area contributed by atoms with Gasteiger partial charge in [0.05, 0.1) is 17.6 Å². The SMILES string of the molecule is Cc1cc(N)ccc1[N+](=O)[O-].NCC(O)CO. The lowest BCUT2D eigenvalue weighted by Crippen LogP contribution is -2.22. The van der Waals surface area contributed by atoms with E-state index < -0.39 is 11.0 Å². The van der Waals surface area contributed by atoms with Crippen molar-refractivity contribution in [2.45, 2.75) is 13.0 Å². The van der Waals surface area contributed by atoms with Crippen LogP contribution in [-0.4, -0.2) is 34.4 Å². The summed E-state index contributed by atoms with van der Waals surface area (Å²) < 4.78 is 0. The Hall–Kier alpha value is -1.70. The van der Waals surface area contributed by atoms with Crippen LogP contribution in [0, 0.1) is 17.0 Å². The van der Waals surface area contributed by atoms with Gasteiger partial charge in [-0.3, -0.25) is 10.1 Å². The van der Waals surface area contributed by atoms with Gasteiger partial charge < -0.3 is 21.7 Å². The maximum absolute atomic E-state index is 10.3. The summed E-state index contributed by atoms with van der Waals surface area (Å²) in [5.74, 6) is 0. The molecule has 0 spiro atoms. The highest BCUT2D eigenvalue weighted by Crippen LogP contribution is 2.19. The van der Waals surface area contributed by atoms with Gasteiger partial charge in [0, 0.05) is 23.9 Å². The summed E-state index contributed by atoms with van der Waals surface area (Å²) in [6.45, 7) is 1.56. The van der Waals surface area contributed by atoms with Gasteiger partial charge in [-0.1, -0.05) is 0 Å². The monoisotopic (exact) mass is 243 g/mol. The number of nitrogens with zero attached hydrogens (tertiary/aromatic N) is 1. The molecule has 0 saturated carbocycles. The van der Waals surface area contributed by atoms with E-state index in [0.717, 1.165) is 0 Å². The zero-order chi connectivity index (χ0) is 13.4. The third-order valence-corrected chi connectivity index (χ3v) is 1.90. The van der Waals surface area contributed by atoms with E-state index in [1.54, 1.807) is 13.0 Å². The number of aliphatic hydroxyl groups excluding tert-OH is 2. The number of nitro groups is 1. The van der Waals surface area contributed by atoms with E-state index in [9.17, 15) is 10.1 Å². The highest BCUT2D eigenvalue weighted by Gasteiger charge is 2.08. The molecule has 0 aliphatic rings. The first kappa shape index (κ1) is 15.3. The van der Waals surface area contributed by atoms with Gasteiger partial charge >= 0.3 is 0 Å². The van der Waals surface area contributed by atoms with Crippen LogP contribution in [0.25, 0.3) is 0 Å². The number of rotatable bonds is 3. The molecule has 0 aliphatic heterocycles. The predicted octanol–water partition coefficient (Wildman–Crippen LogP) is -0.216. The average Bonchev–Trinajstić information content (AvgIpc) is 2.28. The molecule has 0 saturated heterocycles. The van der Waals surface area contributed by atoms with Gasteiger partial charge in [-0.25, -0.2) is 0 Å². The summed E-state index contributed by atoms with van der Waals surface area (Å²) >= 11 is 0. The van der Waals surface area contributed by atoms with Gasteiger partial charge in [0.25, 0.3) is 5.69 Å². The Labute approximate surface area is 98.8 Å². The van der Waals surface area contributed by atoms with Crippen molar-refractivity contribution in [3.05, 3.63) is 33.9 Å². The quantitative estimate of drug-likeness (QED) is 0.329. The molecular weight excluding hydrogens is 226 g/mol. The lowest BCUT2D eigenvalue weighted by molar-refractivity contribution is -0.385. The molecule has 0 aliphatic carbocycles. The van der Waals surface area contributed by atoms with Crippen LogP contribution < -0.4 is 11.5 Å². The molecule has 0 fully saturated rings. The largest absolute Gasteiger partial charge is 0.399 e. The van der Waals surface area contributed by atoms with Gasteiger partial charge in [0.2, 0.25) is 0 Å². The average molecular weight is 243 g/mol. The standard InChI is InChI=1S/C7H8N2O2.C3H9NO2/c1-5-4-6(8)2-3-7(5)9(10)11;4-1-3(6)2-5/h2-4H,8H2,1H3;3,5-6H,1-2,4H2. The van der Waals surface area contributed by atoms with E-state index >= 15 is 0 Å². The molecule has 0 aromatic heterocycles. The Morgan fingerprint density at radius 1 is 1.53 bits per heavy atom. The normalized spacial score (nSPS) is 11.3. The molecule has 96 valence electrons. The Morgan fingerprint density at radius 3 is 2.41 bits per heavy atom. The Balaban J connectivity index is 0.000000366. The van der Waals surface area contributed by atoms with Crippen LogP contribution in [0.5, 0.6) is 0 Å². The van der Waals surface area contributed by atoms with E-state index in [1.165, 1.54) is 12.1 Å². The molecule has 1 aromatic carbocycles. The minimum absolute atomic E-state index is 0.110. The number of aryl methyl sites for hydroxylation is 1. The predicted molar refractivity (Wildman–Crippen MR) is 64.4 cm³/mol. The van der Waals surface area contributed by atoms with Crippen molar-refractivity contribution in [2.75, 3.05) is 18.9 Å². The second kappa shape index (κ2) is 7.55. The number of hydrogen-bond donors (Lipinski definition) is 4. The fourth-order valence-corrected chi connectivity index (χ4v) is 0.958. The second-order valence-corrected chi connectivity index (χ2v) is 3.38. The number of nitrogen functional groups attached to an aromatic ring is 1. The van der Waals surface area contributed by atoms with Crippen molar-refractivity contribution < 1.29 is 15.1 Å². The first-order valence-corrected chi connectivity index (χ1v) is 4.91. The van der Waals surface area contributed by atoms with Crippen molar-refractivity contribution in [3.63, 3.8) is 0 Å². The highest BCUT2D eigenvalue weighted by molar-refractivity contribution is 5.50. The Kier molecular flexibility index (Phi) is 6.80. The smallest absolute Gasteiger partial charge is 0.272 e. The highest BCUT2D eigenvalue weighted by atomic mass is 16.6. The van der Waals surface area contributed by atoms with Crippen LogP contribution in [0.2, 0.25) is 0 Å². The fourth-order valence-electron chi connectivity index (χ4n) is 0.958. The van der Waals surface area contributed by atoms with Crippen LogP contribution in [0.1, 0.15) is 5.56 Å². The molecule has 1 atom stereocenters. The minimum Gasteiger partial charge on any atom is -0.399 e. The van der Waals surface area contributed by atoms with Gasteiger partial charge in [0.15, 0.2) is 0 Å². The Bertz CT molecular complexity index is 367. The van der Waals surface area contributed by atoms with Crippen LogP contribution in [0.15, 0.2) is 18.2 Å². The third-order valence-electron chi connectivity index (χ3n) is 1.90. The first-order valence-electron chi connectivity index (χ1n) is 4.91. The summed E-state index contributed by atoms with van der Waals surface area (Å²) in [4.78, 5) is 9.88. The first-order chi connectivity index (χ1) is 7.92. The summed E-state index contributed by atoms with van der Waals surface area (Å²) in [7, 11) is 0. The topological polar surface area (TPSA) is 136 Å². The lowest BCUT2D eigenvalue weighted by Gasteiger charge is -1.97.